The van der Waals surface area contributed by atoms with Gasteiger partial charge in [0.1, 0.15) is 5.82 Å². The lowest BCUT2D eigenvalue weighted by Gasteiger charge is -2.30. The highest BCUT2D eigenvalue weighted by Gasteiger charge is 2.32. The van der Waals surface area contributed by atoms with Gasteiger partial charge in [0.2, 0.25) is 5.95 Å². The summed E-state index contributed by atoms with van der Waals surface area (Å²) in [6.45, 7) is 7.51. The van der Waals surface area contributed by atoms with E-state index in [9.17, 15) is 4.79 Å². The molecule has 11 heteroatoms. The van der Waals surface area contributed by atoms with Crippen LogP contribution in [0.25, 0.3) is 0 Å². The fourth-order valence-corrected chi connectivity index (χ4v) is 5.01. The number of aromatic nitrogens is 5. The number of carbonyl (C=O) groups excluding carboxylic acids is 1. The maximum absolute atomic E-state index is 13.4. The molecule has 1 amide bonds. The van der Waals surface area contributed by atoms with Crippen LogP contribution in [0.3, 0.4) is 0 Å². The number of aliphatic imine (C=N–C) groups is 1. The van der Waals surface area contributed by atoms with Crippen molar-refractivity contribution in [3.05, 3.63) is 64.5 Å². The van der Waals surface area contributed by atoms with Crippen molar-refractivity contribution in [2.45, 2.75) is 26.4 Å². The van der Waals surface area contributed by atoms with Crippen molar-refractivity contribution in [3.8, 4) is 0 Å². The molecular weight excluding hydrogens is 458 g/mol. The van der Waals surface area contributed by atoms with Crippen molar-refractivity contribution in [1.82, 2.24) is 25.2 Å². The molecule has 36 heavy (non-hydrogen) atoms. The van der Waals surface area contributed by atoms with E-state index >= 15 is 0 Å². The number of hydrogen-bond acceptors (Lipinski definition) is 9. The SMILES string of the molecule is CC1=C(C(=O)Nc2ccc3c(c2)C(c2ccnc(N4CCOCC4)c2)=NC3)[C@@H](C)n2nnnc2N1C. The van der Waals surface area contributed by atoms with Crippen LogP contribution < -0.4 is 15.1 Å². The van der Waals surface area contributed by atoms with Crippen molar-refractivity contribution < 1.29 is 9.53 Å². The summed E-state index contributed by atoms with van der Waals surface area (Å²) in [5.41, 5.74) is 6.24. The Morgan fingerprint density at radius 3 is 2.83 bits per heavy atom. The molecule has 0 aliphatic carbocycles. The number of rotatable bonds is 4. The largest absolute Gasteiger partial charge is 0.378 e. The van der Waals surface area contributed by atoms with Crippen LogP contribution in [0.15, 0.2) is 52.8 Å². The summed E-state index contributed by atoms with van der Waals surface area (Å²) in [6.07, 6.45) is 1.83. The fourth-order valence-electron chi connectivity index (χ4n) is 5.01. The molecule has 0 saturated carbocycles. The van der Waals surface area contributed by atoms with Crippen LogP contribution in [0.4, 0.5) is 17.5 Å². The number of tetrazole rings is 1. The summed E-state index contributed by atoms with van der Waals surface area (Å²) in [7, 11) is 1.86. The van der Waals surface area contributed by atoms with Crippen LogP contribution in [0.5, 0.6) is 0 Å². The molecule has 0 bridgehead atoms. The third-order valence-electron chi connectivity index (χ3n) is 7.08. The van der Waals surface area contributed by atoms with Gasteiger partial charge in [0.05, 0.1) is 37.1 Å². The van der Waals surface area contributed by atoms with Crippen molar-refractivity contribution in [2.75, 3.05) is 48.5 Å². The molecule has 184 valence electrons. The highest BCUT2D eigenvalue weighted by molar-refractivity contribution is 6.16. The van der Waals surface area contributed by atoms with Gasteiger partial charge >= 0.3 is 0 Å². The van der Waals surface area contributed by atoms with Crippen molar-refractivity contribution in [1.29, 1.82) is 0 Å². The first-order valence-electron chi connectivity index (χ1n) is 12.0. The van der Waals surface area contributed by atoms with Gasteiger partial charge in [-0.3, -0.25) is 9.79 Å². The number of anilines is 3. The van der Waals surface area contributed by atoms with Gasteiger partial charge < -0.3 is 19.9 Å². The second-order valence-corrected chi connectivity index (χ2v) is 9.15. The van der Waals surface area contributed by atoms with Crippen LogP contribution in [-0.4, -0.2) is 70.2 Å². The van der Waals surface area contributed by atoms with E-state index < -0.39 is 0 Å². The summed E-state index contributed by atoms with van der Waals surface area (Å²) >= 11 is 0. The normalized spacial score (nSPS) is 19.2. The van der Waals surface area contributed by atoms with Crippen molar-refractivity contribution in [2.24, 2.45) is 4.99 Å². The lowest BCUT2D eigenvalue weighted by molar-refractivity contribution is -0.113. The molecule has 1 atom stereocenters. The lowest BCUT2D eigenvalue weighted by Crippen LogP contribution is -2.36. The van der Waals surface area contributed by atoms with Crippen LogP contribution >= 0.6 is 0 Å². The maximum Gasteiger partial charge on any atom is 0.255 e. The topological polar surface area (TPSA) is 114 Å². The minimum absolute atomic E-state index is 0.178. The average Bonchev–Trinajstić information content (AvgIpc) is 3.56. The Morgan fingerprint density at radius 1 is 1.17 bits per heavy atom. The van der Waals surface area contributed by atoms with E-state index in [2.05, 4.69) is 36.8 Å². The zero-order valence-electron chi connectivity index (χ0n) is 20.5. The Bertz CT molecular complexity index is 1400. The first-order valence-corrected chi connectivity index (χ1v) is 12.0. The molecule has 5 heterocycles. The molecule has 6 rings (SSSR count). The zero-order chi connectivity index (χ0) is 24.8. The molecule has 11 nitrogen and oxygen atoms in total. The smallest absolute Gasteiger partial charge is 0.255 e. The van der Waals surface area contributed by atoms with Crippen LogP contribution in [0.1, 0.15) is 36.6 Å². The second-order valence-electron chi connectivity index (χ2n) is 9.15. The summed E-state index contributed by atoms with van der Waals surface area (Å²) in [6, 6.07) is 9.75. The highest BCUT2D eigenvalue weighted by atomic mass is 16.5. The Labute approximate surface area is 208 Å². The maximum atomic E-state index is 13.4. The number of nitrogens with zero attached hydrogens (tertiary/aromatic N) is 8. The summed E-state index contributed by atoms with van der Waals surface area (Å²) in [5.74, 6) is 1.36. The minimum atomic E-state index is -0.284. The Hall–Kier alpha value is -4.12. The quantitative estimate of drug-likeness (QED) is 0.598. The lowest BCUT2D eigenvalue weighted by atomic mass is 9.99. The Balaban J connectivity index is 1.26. The number of hydrogen-bond donors (Lipinski definition) is 1. The average molecular weight is 486 g/mol. The van der Waals surface area contributed by atoms with Gasteiger partial charge in [-0.05, 0) is 54.1 Å². The molecule has 3 aromatic rings. The first-order chi connectivity index (χ1) is 17.5. The van der Waals surface area contributed by atoms with Gasteiger partial charge in [0.15, 0.2) is 0 Å². The molecular formula is C25H27N9O2. The van der Waals surface area contributed by atoms with Crippen LogP contribution in [0.2, 0.25) is 0 Å². The van der Waals surface area contributed by atoms with Gasteiger partial charge in [-0.2, -0.15) is 0 Å². The number of morpholine rings is 1. The van der Waals surface area contributed by atoms with Crippen molar-refractivity contribution in [3.63, 3.8) is 0 Å². The summed E-state index contributed by atoms with van der Waals surface area (Å²) in [4.78, 5) is 26.8. The van der Waals surface area contributed by atoms with E-state index in [1.54, 1.807) is 4.68 Å². The zero-order valence-corrected chi connectivity index (χ0v) is 20.5. The van der Waals surface area contributed by atoms with Gasteiger partial charge in [-0.15, -0.1) is 0 Å². The summed E-state index contributed by atoms with van der Waals surface area (Å²) in [5, 5.41) is 15.0. The van der Waals surface area contributed by atoms with Gasteiger partial charge in [-0.25, -0.2) is 9.67 Å². The molecule has 0 unspecified atom stereocenters. The number of nitrogens with one attached hydrogen (secondary N) is 1. The number of pyridine rings is 1. The van der Waals surface area contributed by atoms with Crippen LogP contribution in [-0.2, 0) is 16.1 Å². The van der Waals surface area contributed by atoms with E-state index in [0.29, 0.717) is 37.0 Å². The van der Waals surface area contributed by atoms with E-state index in [1.807, 2.05) is 56.3 Å². The van der Waals surface area contributed by atoms with Gasteiger partial charge in [-0.1, -0.05) is 11.2 Å². The predicted molar refractivity (Wildman–Crippen MR) is 135 cm³/mol. The molecule has 1 aromatic carbocycles. The number of allylic oxidation sites excluding steroid dienone is 1. The first kappa shape index (κ1) is 22.4. The van der Waals surface area contributed by atoms with Crippen molar-refractivity contribution >= 4 is 29.1 Å². The number of ether oxygens (including phenoxy) is 1. The third-order valence-corrected chi connectivity index (χ3v) is 7.08. The Morgan fingerprint density at radius 2 is 2.00 bits per heavy atom. The van der Waals surface area contributed by atoms with E-state index in [1.165, 1.54) is 0 Å². The monoisotopic (exact) mass is 485 g/mol. The molecule has 3 aliphatic rings. The Kier molecular flexibility index (Phi) is 5.48. The highest BCUT2D eigenvalue weighted by Crippen LogP contribution is 2.33. The van der Waals surface area contributed by atoms with Crippen LogP contribution in [0, 0.1) is 0 Å². The van der Waals surface area contributed by atoms with Gasteiger partial charge in [0, 0.05) is 48.8 Å². The van der Waals surface area contributed by atoms with E-state index in [0.717, 1.165) is 47.0 Å². The summed E-state index contributed by atoms with van der Waals surface area (Å²) < 4.78 is 7.13. The molecule has 0 spiro atoms. The van der Waals surface area contributed by atoms with Gasteiger partial charge in [0.25, 0.3) is 5.91 Å². The number of carbonyl (C=O) groups is 1. The second kappa shape index (κ2) is 8.83. The third kappa shape index (κ3) is 3.72. The molecule has 3 aliphatic heterocycles. The molecule has 0 radical (unpaired) electrons. The number of fused-ring (bicyclic) bond motifs is 2. The molecule has 1 saturated heterocycles. The predicted octanol–water partition coefficient (Wildman–Crippen LogP) is 2.18. The fraction of sp³-hybridized carbons (Fsp3) is 0.360. The standard InChI is InChI=1S/C25H27N9O2/c1-15-22(16(2)34-25(32(15)3)29-30-31-34)24(35)28-19-5-4-18-14-27-23(20(18)13-19)17-6-7-26-21(12-17)33-8-10-36-11-9-33/h4-7,12-13,16H,8-11,14H2,1-3H3,(H,28,35)/t16-/m1/s1. The molecule has 1 fully saturated rings. The van der Waals surface area contributed by atoms with E-state index in [4.69, 9.17) is 9.73 Å². The minimum Gasteiger partial charge on any atom is -0.378 e. The molecule has 2 aromatic heterocycles. The number of benzene rings is 1. The molecule has 1 N–H and O–H groups in total. The number of amides is 1. The van der Waals surface area contributed by atoms with E-state index in [-0.39, 0.29) is 11.9 Å².